The first-order chi connectivity index (χ1) is 10.8. The van der Waals surface area contributed by atoms with Crippen LogP contribution in [0.15, 0.2) is 29.3 Å². The molecule has 1 aromatic carbocycles. The smallest absolute Gasteiger partial charge is 0.374 e. The van der Waals surface area contributed by atoms with Crippen molar-refractivity contribution in [2.24, 2.45) is 4.99 Å². The summed E-state index contributed by atoms with van der Waals surface area (Å²) in [5, 5.41) is 5.64. The van der Waals surface area contributed by atoms with Crippen LogP contribution in [0.5, 0.6) is 0 Å². The van der Waals surface area contributed by atoms with Crippen LogP contribution in [-0.4, -0.2) is 31.8 Å². The van der Waals surface area contributed by atoms with Crippen LogP contribution in [0.25, 0.3) is 0 Å². The second-order valence-corrected chi connectivity index (χ2v) is 5.40. The largest absolute Gasteiger partial charge is 0.390 e. The Morgan fingerprint density at radius 2 is 1.88 bits per heavy atom. The highest BCUT2D eigenvalue weighted by molar-refractivity contribution is 14.0. The fraction of sp³-hybridized carbons (Fsp3) is 0.562. The lowest BCUT2D eigenvalue weighted by atomic mass is 10.1. The van der Waals surface area contributed by atoms with Gasteiger partial charge in [0.15, 0.2) is 5.96 Å². The van der Waals surface area contributed by atoms with Crippen molar-refractivity contribution in [2.45, 2.75) is 45.7 Å². The van der Waals surface area contributed by atoms with E-state index in [-0.39, 0.29) is 36.6 Å². The second-order valence-electron chi connectivity index (χ2n) is 5.40. The summed E-state index contributed by atoms with van der Waals surface area (Å²) in [6.45, 7) is 4.75. The van der Waals surface area contributed by atoms with E-state index in [1.54, 1.807) is 0 Å². The van der Waals surface area contributed by atoms with Crippen LogP contribution in [0.4, 0.5) is 13.2 Å². The molecule has 0 unspecified atom stereocenters. The van der Waals surface area contributed by atoms with Gasteiger partial charge in [0.1, 0.15) is 0 Å². The number of alkyl halides is 3. The van der Waals surface area contributed by atoms with Gasteiger partial charge in [-0.3, -0.25) is 4.99 Å². The van der Waals surface area contributed by atoms with Crippen molar-refractivity contribution in [3.8, 4) is 0 Å². The number of halogens is 4. The van der Waals surface area contributed by atoms with E-state index in [9.17, 15) is 13.2 Å². The molecule has 2 N–H and O–H groups in total. The summed E-state index contributed by atoms with van der Waals surface area (Å²) in [6, 6.07) is 7.84. The highest BCUT2D eigenvalue weighted by Gasteiger charge is 2.26. The third-order valence-electron chi connectivity index (χ3n) is 2.96. The van der Waals surface area contributed by atoms with Gasteiger partial charge in [-0.1, -0.05) is 24.3 Å². The molecule has 0 atom stereocenters. The first-order valence-electron chi connectivity index (χ1n) is 7.51. The van der Waals surface area contributed by atoms with Crippen LogP contribution < -0.4 is 10.6 Å². The third-order valence-corrected chi connectivity index (χ3v) is 2.96. The summed E-state index contributed by atoms with van der Waals surface area (Å²) in [5.41, 5.74) is 2.06. The van der Waals surface area contributed by atoms with Crippen molar-refractivity contribution in [1.29, 1.82) is 0 Å². The number of guanidine groups is 1. The average molecular weight is 459 g/mol. The molecule has 0 saturated heterocycles. The van der Waals surface area contributed by atoms with E-state index in [0.29, 0.717) is 19.1 Å². The van der Waals surface area contributed by atoms with E-state index in [2.05, 4.69) is 15.6 Å². The van der Waals surface area contributed by atoms with Crippen molar-refractivity contribution in [1.82, 2.24) is 10.6 Å². The Hall–Kier alpha value is -1.03. The Morgan fingerprint density at radius 3 is 2.46 bits per heavy atom. The molecule has 0 spiro atoms. The molecule has 0 heterocycles. The lowest BCUT2D eigenvalue weighted by Crippen LogP contribution is -2.38. The molecule has 0 amide bonds. The van der Waals surface area contributed by atoms with Gasteiger partial charge in [-0.05, 0) is 25.0 Å². The minimum atomic E-state index is -4.17. The van der Waals surface area contributed by atoms with Crippen LogP contribution in [0.3, 0.4) is 0 Å². The molecule has 0 saturated carbocycles. The van der Waals surface area contributed by atoms with E-state index in [4.69, 9.17) is 4.74 Å². The summed E-state index contributed by atoms with van der Waals surface area (Å²) in [5.74, 6) is 0.345. The van der Waals surface area contributed by atoms with E-state index in [0.717, 1.165) is 11.1 Å². The number of hydrogen-bond acceptors (Lipinski definition) is 2. The molecule has 1 aromatic rings. The van der Waals surface area contributed by atoms with E-state index in [1.807, 2.05) is 38.1 Å². The van der Waals surface area contributed by atoms with Gasteiger partial charge in [0.25, 0.3) is 0 Å². The van der Waals surface area contributed by atoms with E-state index < -0.39 is 12.6 Å². The van der Waals surface area contributed by atoms with Crippen molar-refractivity contribution >= 4 is 29.9 Å². The molecule has 0 radical (unpaired) electrons. The first kappa shape index (κ1) is 23.0. The minimum absolute atomic E-state index is 0. The lowest BCUT2D eigenvalue weighted by molar-refractivity contribution is -0.132. The Morgan fingerprint density at radius 1 is 1.21 bits per heavy atom. The zero-order chi connectivity index (χ0) is 17.3. The Labute approximate surface area is 158 Å². The summed E-state index contributed by atoms with van der Waals surface area (Å²) >= 11 is 0. The molecule has 0 aromatic heterocycles. The van der Waals surface area contributed by atoms with Crippen molar-refractivity contribution in [3.63, 3.8) is 0 Å². The molecule has 138 valence electrons. The van der Waals surface area contributed by atoms with Crippen LogP contribution in [0.2, 0.25) is 0 Å². The summed E-state index contributed by atoms with van der Waals surface area (Å²) in [6.07, 6.45) is -4.90. The van der Waals surface area contributed by atoms with E-state index in [1.165, 1.54) is 7.05 Å². The predicted molar refractivity (Wildman–Crippen MR) is 101 cm³/mol. The molecule has 0 bridgehead atoms. The maximum absolute atomic E-state index is 12.1. The summed E-state index contributed by atoms with van der Waals surface area (Å²) in [7, 11) is 1.52. The highest BCUT2D eigenvalue weighted by Crippen LogP contribution is 2.18. The van der Waals surface area contributed by atoms with Gasteiger partial charge < -0.3 is 15.4 Å². The quantitative estimate of drug-likeness (QED) is 0.370. The first-order valence-corrected chi connectivity index (χ1v) is 7.51. The molecule has 24 heavy (non-hydrogen) atoms. The van der Waals surface area contributed by atoms with Crippen LogP contribution in [0.1, 0.15) is 31.4 Å². The standard InChI is InChI=1S/C16H24F3N3O.HI/c1-12(2)23-11-14-6-4-5-13(9-14)10-22-15(20-3)21-8-7-16(17,18)19;/h4-6,9,12H,7-8,10-11H2,1-3H3,(H2,20,21,22);1H. The Balaban J connectivity index is 0.00000529. The number of hydrogen-bond donors (Lipinski definition) is 2. The average Bonchev–Trinajstić information content (AvgIpc) is 2.48. The monoisotopic (exact) mass is 459 g/mol. The number of nitrogens with zero attached hydrogens (tertiary/aromatic N) is 1. The minimum Gasteiger partial charge on any atom is -0.374 e. The molecule has 0 fully saturated rings. The number of ether oxygens (including phenoxy) is 1. The number of nitrogens with one attached hydrogen (secondary N) is 2. The zero-order valence-electron chi connectivity index (χ0n) is 14.1. The van der Waals surface area contributed by atoms with Gasteiger partial charge in [0, 0.05) is 20.1 Å². The fourth-order valence-corrected chi connectivity index (χ4v) is 1.82. The van der Waals surface area contributed by atoms with Gasteiger partial charge in [-0.15, -0.1) is 24.0 Å². The molecular weight excluding hydrogens is 434 g/mol. The topological polar surface area (TPSA) is 45.7 Å². The van der Waals surface area contributed by atoms with Crippen LogP contribution in [0, 0.1) is 0 Å². The molecule has 0 aliphatic heterocycles. The van der Waals surface area contributed by atoms with Gasteiger partial charge >= 0.3 is 6.18 Å². The van der Waals surface area contributed by atoms with Crippen molar-refractivity contribution in [2.75, 3.05) is 13.6 Å². The highest BCUT2D eigenvalue weighted by atomic mass is 127. The van der Waals surface area contributed by atoms with E-state index >= 15 is 0 Å². The van der Waals surface area contributed by atoms with Crippen molar-refractivity contribution in [3.05, 3.63) is 35.4 Å². The maximum atomic E-state index is 12.1. The molecule has 8 heteroatoms. The molecule has 0 aliphatic rings. The fourth-order valence-electron chi connectivity index (χ4n) is 1.82. The lowest BCUT2D eigenvalue weighted by Gasteiger charge is -2.13. The second kappa shape index (κ2) is 11.5. The maximum Gasteiger partial charge on any atom is 0.390 e. The number of benzene rings is 1. The van der Waals surface area contributed by atoms with Gasteiger partial charge in [0.2, 0.25) is 0 Å². The summed E-state index contributed by atoms with van der Waals surface area (Å²) < 4.78 is 41.9. The number of rotatable bonds is 7. The van der Waals surface area contributed by atoms with Crippen molar-refractivity contribution < 1.29 is 17.9 Å². The van der Waals surface area contributed by atoms with Gasteiger partial charge in [-0.2, -0.15) is 13.2 Å². The normalized spacial score (nSPS) is 12.0. The summed E-state index contributed by atoms with van der Waals surface area (Å²) in [4.78, 5) is 3.91. The zero-order valence-corrected chi connectivity index (χ0v) is 16.4. The van der Waals surface area contributed by atoms with Crippen LogP contribution in [-0.2, 0) is 17.9 Å². The Bertz CT molecular complexity index is 508. The molecule has 1 rings (SSSR count). The molecule has 0 aliphatic carbocycles. The van der Waals surface area contributed by atoms with Gasteiger partial charge in [-0.25, -0.2) is 0 Å². The predicted octanol–water partition coefficient (Wildman–Crippen LogP) is 3.85. The SMILES string of the molecule is CN=C(NCCC(F)(F)F)NCc1cccc(COC(C)C)c1.I. The Kier molecular flexibility index (Phi) is 11.0. The van der Waals surface area contributed by atoms with Crippen LogP contribution >= 0.6 is 24.0 Å². The molecular formula is C16H25F3IN3O. The third kappa shape index (κ3) is 10.7. The van der Waals surface area contributed by atoms with Gasteiger partial charge in [0.05, 0.1) is 19.1 Å². The molecule has 4 nitrogen and oxygen atoms in total. The number of aliphatic imine (C=N–C) groups is 1.